The van der Waals surface area contributed by atoms with Crippen LogP contribution in [0.25, 0.3) is 0 Å². The maximum absolute atomic E-state index is 10.5. The molecule has 1 rings (SSSR count). The summed E-state index contributed by atoms with van der Waals surface area (Å²) in [6.07, 6.45) is 0. The number of nitriles is 1. The number of aryl methyl sites for hydroxylation is 1. The molecule has 0 bridgehead atoms. The minimum absolute atomic E-state index is 0.214. The fraction of sp³-hybridized carbons (Fsp3) is 0.125. The molecule has 0 amide bonds. The molecule has 62 valence electrons. The Kier molecular flexibility index (Phi) is 2.58. The average Bonchev–Trinajstić information content (AvgIpc) is 2.04. The Bertz CT molecular complexity index is 368. The standard InChI is InChI=1S/C8H7NO2S/c1-6-4-8(12(10)11)3-2-7(6)5-9/h2-4H,1H3,(H,10,11)/p-1. The number of hydrogen-bond acceptors (Lipinski definition) is 3. The van der Waals surface area contributed by atoms with Crippen LogP contribution in [-0.2, 0) is 11.1 Å². The van der Waals surface area contributed by atoms with Gasteiger partial charge in [-0.05, 0) is 41.8 Å². The zero-order chi connectivity index (χ0) is 9.14. The monoisotopic (exact) mass is 180 g/mol. The molecule has 0 heterocycles. The fourth-order valence-corrected chi connectivity index (χ4v) is 1.32. The molecule has 0 saturated heterocycles. The minimum Gasteiger partial charge on any atom is -0.768 e. The molecule has 0 aromatic heterocycles. The van der Waals surface area contributed by atoms with Gasteiger partial charge in [-0.15, -0.1) is 0 Å². The largest absolute Gasteiger partial charge is 0.768 e. The molecule has 0 radical (unpaired) electrons. The lowest BCUT2D eigenvalue weighted by Gasteiger charge is -2.05. The third-order valence-corrected chi connectivity index (χ3v) is 2.15. The SMILES string of the molecule is Cc1cc(S(=O)[O-])ccc1C#N. The fourth-order valence-electron chi connectivity index (χ4n) is 0.865. The van der Waals surface area contributed by atoms with Gasteiger partial charge in [-0.1, -0.05) is 0 Å². The van der Waals surface area contributed by atoms with Crippen molar-refractivity contribution in [3.05, 3.63) is 29.3 Å². The second kappa shape index (κ2) is 3.48. The Morgan fingerprint density at radius 2 is 2.25 bits per heavy atom. The van der Waals surface area contributed by atoms with E-state index in [1.165, 1.54) is 18.2 Å². The van der Waals surface area contributed by atoms with Gasteiger partial charge in [0.2, 0.25) is 0 Å². The summed E-state index contributed by atoms with van der Waals surface area (Å²) in [5.74, 6) is 0. The van der Waals surface area contributed by atoms with Crippen LogP contribution in [0.1, 0.15) is 11.1 Å². The highest BCUT2D eigenvalue weighted by Crippen LogP contribution is 2.11. The minimum atomic E-state index is -2.21. The number of nitrogens with zero attached hydrogens (tertiary/aromatic N) is 1. The van der Waals surface area contributed by atoms with E-state index in [2.05, 4.69) is 0 Å². The molecule has 0 aliphatic rings. The molecule has 0 aliphatic carbocycles. The zero-order valence-corrected chi connectivity index (χ0v) is 7.22. The van der Waals surface area contributed by atoms with Crippen LogP contribution in [0.4, 0.5) is 0 Å². The lowest BCUT2D eigenvalue weighted by atomic mass is 10.1. The Balaban J connectivity index is 3.21. The van der Waals surface area contributed by atoms with Crippen molar-refractivity contribution in [1.82, 2.24) is 0 Å². The van der Waals surface area contributed by atoms with E-state index in [-0.39, 0.29) is 4.90 Å². The number of rotatable bonds is 1. The van der Waals surface area contributed by atoms with Gasteiger partial charge in [0.15, 0.2) is 0 Å². The van der Waals surface area contributed by atoms with Crippen LogP contribution >= 0.6 is 0 Å². The summed E-state index contributed by atoms with van der Waals surface area (Å²) in [7, 11) is 0. The molecule has 0 N–H and O–H groups in total. The zero-order valence-electron chi connectivity index (χ0n) is 6.40. The molecule has 4 heteroatoms. The van der Waals surface area contributed by atoms with Crippen molar-refractivity contribution in [1.29, 1.82) is 5.26 Å². The molecule has 1 unspecified atom stereocenters. The van der Waals surface area contributed by atoms with E-state index in [0.29, 0.717) is 11.1 Å². The van der Waals surface area contributed by atoms with Gasteiger partial charge in [-0.2, -0.15) is 5.26 Å². The third-order valence-electron chi connectivity index (χ3n) is 1.51. The van der Waals surface area contributed by atoms with E-state index in [4.69, 9.17) is 5.26 Å². The second-order valence-electron chi connectivity index (χ2n) is 2.32. The Morgan fingerprint density at radius 3 is 2.67 bits per heavy atom. The van der Waals surface area contributed by atoms with E-state index in [1.807, 2.05) is 6.07 Å². The van der Waals surface area contributed by atoms with E-state index < -0.39 is 11.1 Å². The predicted molar refractivity (Wildman–Crippen MR) is 43.1 cm³/mol. The normalized spacial score (nSPS) is 12.1. The van der Waals surface area contributed by atoms with Gasteiger partial charge in [-0.3, -0.25) is 4.21 Å². The molecule has 0 saturated carbocycles. The number of benzene rings is 1. The molecule has 0 fully saturated rings. The highest BCUT2D eigenvalue weighted by molar-refractivity contribution is 7.79. The van der Waals surface area contributed by atoms with Gasteiger partial charge in [-0.25, -0.2) is 0 Å². The van der Waals surface area contributed by atoms with Gasteiger partial charge in [0, 0.05) is 4.90 Å². The summed E-state index contributed by atoms with van der Waals surface area (Å²) >= 11 is -2.21. The molecule has 0 spiro atoms. The smallest absolute Gasteiger partial charge is 0.0994 e. The summed E-state index contributed by atoms with van der Waals surface area (Å²) in [4.78, 5) is 0.214. The van der Waals surface area contributed by atoms with Crippen molar-refractivity contribution < 1.29 is 8.76 Å². The van der Waals surface area contributed by atoms with Gasteiger partial charge in [0.25, 0.3) is 0 Å². The summed E-state index contributed by atoms with van der Waals surface area (Å²) < 4.78 is 20.9. The van der Waals surface area contributed by atoms with Crippen molar-refractivity contribution in [3.8, 4) is 6.07 Å². The quantitative estimate of drug-likeness (QED) is 0.608. The van der Waals surface area contributed by atoms with Crippen molar-refractivity contribution in [2.45, 2.75) is 11.8 Å². The van der Waals surface area contributed by atoms with Crippen LogP contribution in [0.3, 0.4) is 0 Å². The third kappa shape index (κ3) is 1.70. The summed E-state index contributed by atoms with van der Waals surface area (Å²) in [6.45, 7) is 1.70. The molecule has 1 aromatic rings. The maximum Gasteiger partial charge on any atom is 0.0994 e. The van der Waals surface area contributed by atoms with E-state index in [1.54, 1.807) is 6.92 Å². The van der Waals surface area contributed by atoms with Gasteiger partial charge in [0.1, 0.15) is 0 Å². The topological polar surface area (TPSA) is 63.9 Å². The van der Waals surface area contributed by atoms with E-state index in [0.717, 1.165) is 0 Å². The van der Waals surface area contributed by atoms with Crippen molar-refractivity contribution in [3.63, 3.8) is 0 Å². The highest BCUT2D eigenvalue weighted by Gasteiger charge is 1.98. The Morgan fingerprint density at radius 1 is 1.58 bits per heavy atom. The van der Waals surface area contributed by atoms with E-state index in [9.17, 15) is 8.76 Å². The van der Waals surface area contributed by atoms with E-state index >= 15 is 0 Å². The van der Waals surface area contributed by atoms with Crippen LogP contribution < -0.4 is 0 Å². The molecule has 12 heavy (non-hydrogen) atoms. The number of hydrogen-bond donors (Lipinski definition) is 0. The molecular formula is C8H6NO2S-. The first-order valence-corrected chi connectivity index (χ1v) is 4.32. The summed E-state index contributed by atoms with van der Waals surface area (Å²) in [5.41, 5.74) is 1.18. The van der Waals surface area contributed by atoms with Gasteiger partial charge < -0.3 is 4.55 Å². The molecular weight excluding hydrogens is 174 g/mol. The van der Waals surface area contributed by atoms with Crippen LogP contribution in [0.2, 0.25) is 0 Å². The van der Waals surface area contributed by atoms with Gasteiger partial charge >= 0.3 is 0 Å². The summed E-state index contributed by atoms with van der Waals surface area (Å²) in [6, 6.07) is 6.35. The second-order valence-corrected chi connectivity index (χ2v) is 3.26. The van der Waals surface area contributed by atoms with Crippen molar-refractivity contribution in [2.75, 3.05) is 0 Å². The first kappa shape index (κ1) is 8.91. The lowest BCUT2D eigenvalue weighted by Crippen LogP contribution is -1.91. The first-order chi connectivity index (χ1) is 5.65. The predicted octanol–water partition coefficient (Wildman–Crippen LogP) is 1.10. The van der Waals surface area contributed by atoms with Crippen LogP contribution in [-0.4, -0.2) is 8.76 Å². The van der Waals surface area contributed by atoms with Gasteiger partial charge in [0.05, 0.1) is 11.6 Å². The molecule has 0 aliphatic heterocycles. The summed E-state index contributed by atoms with van der Waals surface area (Å²) in [5, 5.41) is 8.54. The highest BCUT2D eigenvalue weighted by atomic mass is 32.2. The van der Waals surface area contributed by atoms with Crippen LogP contribution in [0, 0.1) is 18.3 Å². The molecule has 1 aromatic carbocycles. The first-order valence-electron chi connectivity index (χ1n) is 3.25. The molecule has 1 atom stereocenters. The lowest BCUT2D eigenvalue weighted by molar-refractivity contribution is 0.537. The Hall–Kier alpha value is -1.18. The Labute approximate surface area is 72.9 Å². The van der Waals surface area contributed by atoms with Crippen molar-refractivity contribution in [2.24, 2.45) is 0 Å². The maximum atomic E-state index is 10.5. The average molecular weight is 180 g/mol. The van der Waals surface area contributed by atoms with Crippen LogP contribution in [0.15, 0.2) is 23.1 Å². The molecule has 3 nitrogen and oxygen atoms in total. The van der Waals surface area contributed by atoms with Crippen LogP contribution in [0.5, 0.6) is 0 Å². The van der Waals surface area contributed by atoms with Crippen molar-refractivity contribution >= 4 is 11.1 Å².